The second-order valence-corrected chi connectivity index (χ2v) is 8.90. The minimum Gasteiger partial charge on any atom is -0.453 e. The number of carbonyl (C=O) groups excluding carboxylic acids is 2. The van der Waals surface area contributed by atoms with E-state index in [0.29, 0.717) is 24.1 Å². The van der Waals surface area contributed by atoms with Gasteiger partial charge in [-0.1, -0.05) is 36.4 Å². The van der Waals surface area contributed by atoms with Crippen molar-refractivity contribution in [2.24, 2.45) is 0 Å². The third kappa shape index (κ3) is 5.71. The van der Waals surface area contributed by atoms with Crippen molar-refractivity contribution in [3.63, 3.8) is 0 Å². The van der Waals surface area contributed by atoms with E-state index in [4.69, 9.17) is 4.74 Å². The number of carbonyl (C=O) groups is 2. The Morgan fingerprint density at radius 3 is 2.35 bits per heavy atom. The summed E-state index contributed by atoms with van der Waals surface area (Å²) in [6.07, 6.45) is -0.457. The average Bonchev–Trinajstić information content (AvgIpc) is 2.89. The van der Waals surface area contributed by atoms with Crippen LogP contribution < -0.4 is 5.32 Å². The molecule has 1 fully saturated rings. The molecule has 1 aliphatic rings. The first kappa shape index (κ1) is 26.1. The monoisotopic (exact) mass is 512 g/mol. The fourth-order valence-corrected chi connectivity index (χ4v) is 4.58. The van der Waals surface area contributed by atoms with Gasteiger partial charge in [0.2, 0.25) is 0 Å². The largest absolute Gasteiger partial charge is 0.453 e. The van der Waals surface area contributed by atoms with Gasteiger partial charge in [-0.25, -0.2) is 22.8 Å². The van der Waals surface area contributed by atoms with Crippen LogP contribution >= 0.6 is 0 Å². The second kappa shape index (κ2) is 10.9. The van der Waals surface area contributed by atoms with Crippen LogP contribution in [0.5, 0.6) is 0 Å². The van der Waals surface area contributed by atoms with Gasteiger partial charge in [0, 0.05) is 37.6 Å². The van der Waals surface area contributed by atoms with Crippen LogP contribution in [0.1, 0.15) is 36.9 Å². The quantitative estimate of drug-likeness (QED) is 0.403. The highest BCUT2D eigenvalue weighted by Crippen LogP contribution is 2.39. The smallest absolute Gasteiger partial charge is 0.411 e. The van der Waals surface area contributed by atoms with Gasteiger partial charge in [-0.2, -0.15) is 0 Å². The number of benzene rings is 3. The Morgan fingerprint density at radius 2 is 1.73 bits per heavy atom. The Kier molecular flexibility index (Phi) is 7.71. The summed E-state index contributed by atoms with van der Waals surface area (Å²) in [4.78, 5) is 26.3. The van der Waals surface area contributed by atoms with Gasteiger partial charge in [-0.3, -0.25) is 0 Å². The number of hydrogen-bond donors (Lipinski definition) is 1. The van der Waals surface area contributed by atoms with E-state index in [1.54, 1.807) is 41.3 Å². The van der Waals surface area contributed by atoms with Crippen molar-refractivity contribution in [1.82, 2.24) is 10.2 Å². The number of ether oxygens (including phenoxy) is 2. The lowest BCUT2D eigenvalue weighted by atomic mass is 9.85. The zero-order chi connectivity index (χ0) is 26.6. The molecule has 37 heavy (non-hydrogen) atoms. The van der Waals surface area contributed by atoms with E-state index < -0.39 is 35.2 Å². The topological polar surface area (TPSA) is 67.9 Å². The van der Waals surface area contributed by atoms with Gasteiger partial charge < -0.3 is 19.7 Å². The van der Waals surface area contributed by atoms with Crippen molar-refractivity contribution in [3.8, 4) is 11.1 Å². The number of rotatable bonds is 7. The maximum absolute atomic E-state index is 14.2. The Labute approximate surface area is 213 Å². The van der Waals surface area contributed by atoms with E-state index in [9.17, 15) is 22.8 Å². The van der Waals surface area contributed by atoms with Gasteiger partial charge in [0.15, 0.2) is 0 Å². The summed E-state index contributed by atoms with van der Waals surface area (Å²) in [5.74, 6) is -1.71. The standard InChI is InChI=1S/C28H27F3N2O4/c1-18(19-3-5-20(6-4-19)24-12-11-23(30)17-25(24)31)33-16-14-28(37-27(33)35,13-15-32-26(34)36-2)21-7-9-22(29)10-8-21/h3-12,17-18H,13-16H2,1-2H3,(H,32,34). The van der Waals surface area contributed by atoms with Crippen LogP contribution in [0.4, 0.5) is 22.8 Å². The fourth-order valence-electron chi connectivity index (χ4n) is 4.58. The molecule has 9 heteroatoms. The van der Waals surface area contributed by atoms with Gasteiger partial charge in [-0.15, -0.1) is 0 Å². The molecule has 2 unspecified atom stereocenters. The molecule has 194 valence electrons. The molecule has 0 spiro atoms. The summed E-state index contributed by atoms with van der Waals surface area (Å²) >= 11 is 0. The van der Waals surface area contributed by atoms with Crippen LogP contribution in [0.15, 0.2) is 66.7 Å². The Balaban J connectivity index is 1.51. The number of amides is 2. The predicted octanol–water partition coefficient (Wildman–Crippen LogP) is 6.32. The molecular formula is C28H27F3N2O4. The zero-order valence-electron chi connectivity index (χ0n) is 20.5. The van der Waals surface area contributed by atoms with Gasteiger partial charge in [0.05, 0.1) is 13.2 Å². The van der Waals surface area contributed by atoms with Crippen LogP contribution in [-0.4, -0.2) is 37.3 Å². The highest BCUT2D eigenvalue weighted by Gasteiger charge is 2.43. The first-order chi connectivity index (χ1) is 17.7. The van der Waals surface area contributed by atoms with Crippen molar-refractivity contribution in [2.75, 3.05) is 20.2 Å². The number of hydrogen-bond acceptors (Lipinski definition) is 4. The van der Waals surface area contributed by atoms with Crippen LogP contribution in [-0.2, 0) is 15.1 Å². The van der Waals surface area contributed by atoms with Gasteiger partial charge in [0.25, 0.3) is 0 Å². The molecule has 3 aromatic rings. The summed E-state index contributed by atoms with van der Waals surface area (Å²) in [7, 11) is 1.26. The van der Waals surface area contributed by atoms with Crippen molar-refractivity contribution < 1.29 is 32.2 Å². The van der Waals surface area contributed by atoms with Crippen molar-refractivity contribution in [2.45, 2.75) is 31.4 Å². The number of alkyl carbamates (subject to hydrolysis) is 1. The lowest BCUT2D eigenvalue weighted by Gasteiger charge is -2.43. The number of cyclic esters (lactones) is 1. The van der Waals surface area contributed by atoms with Crippen LogP contribution in [0, 0.1) is 17.5 Å². The number of nitrogens with zero attached hydrogens (tertiary/aromatic N) is 1. The van der Waals surface area contributed by atoms with Crippen molar-refractivity contribution in [1.29, 1.82) is 0 Å². The van der Waals surface area contributed by atoms with E-state index in [1.807, 2.05) is 6.92 Å². The summed E-state index contributed by atoms with van der Waals surface area (Å²) < 4.78 is 51.6. The van der Waals surface area contributed by atoms with E-state index in [0.717, 1.165) is 11.6 Å². The maximum atomic E-state index is 14.2. The molecular weight excluding hydrogens is 485 g/mol. The normalized spacial score (nSPS) is 18.2. The molecule has 6 nitrogen and oxygen atoms in total. The summed E-state index contributed by atoms with van der Waals surface area (Å²) in [6, 6.07) is 15.9. The second-order valence-electron chi connectivity index (χ2n) is 8.90. The number of methoxy groups -OCH3 is 1. The Bertz CT molecular complexity index is 1270. The molecule has 0 radical (unpaired) electrons. The van der Waals surface area contributed by atoms with Crippen LogP contribution in [0.25, 0.3) is 11.1 Å². The molecule has 2 amide bonds. The van der Waals surface area contributed by atoms with E-state index in [1.165, 1.54) is 31.4 Å². The van der Waals surface area contributed by atoms with Crippen molar-refractivity contribution in [3.05, 3.63) is 95.3 Å². The third-order valence-corrected chi connectivity index (χ3v) is 6.73. The third-order valence-electron chi connectivity index (χ3n) is 6.73. The molecule has 1 heterocycles. The lowest BCUT2D eigenvalue weighted by Crippen LogP contribution is -2.49. The first-order valence-electron chi connectivity index (χ1n) is 11.9. The van der Waals surface area contributed by atoms with Gasteiger partial charge in [-0.05, 0) is 47.9 Å². The fraction of sp³-hybridized carbons (Fsp3) is 0.286. The molecule has 0 bridgehead atoms. The van der Waals surface area contributed by atoms with E-state index >= 15 is 0 Å². The number of nitrogens with one attached hydrogen (secondary N) is 1. The van der Waals surface area contributed by atoms with Gasteiger partial charge >= 0.3 is 12.2 Å². The highest BCUT2D eigenvalue weighted by molar-refractivity contribution is 5.71. The minimum absolute atomic E-state index is 0.189. The molecule has 0 saturated carbocycles. The molecule has 0 aromatic heterocycles. The molecule has 1 N–H and O–H groups in total. The molecule has 2 atom stereocenters. The Hall–Kier alpha value is -4.01. The van der Waals surface area contributed by atoms with Gasteiger partial charge in [0.1, 0.15) is 23.1 Å². The average molecular weight is 513 g/mol. The van der Waals surface area contributed by atoms with Crippen LogP contribution in [0.2, 0.25) is 0 Å². The molecule has 4 rings (SSSR count). The molecule has 3 aromatic carbocycles. The Morgan fingerprint density at radius 1 is 1.05 bits per heavy atom. The van der Waals surface area contributed by atoms with Crippen LogP contribution in [0.3, 0.4) is 0 Å². The number of halogens is 3. The molecule has 1 saturated heterocycles. The lowest BCUT2D eigenvalue weighted by molar-refractivity contribution is -0.0648. The highest BCUT2D eigenvalue weighted by atomic mass is 19.1. The predicted molar refractivity (Wildman–Crippen MR) is 131 cm³/mol. The zero-order valence-corrected chi connectivity index (χ0v) is 20.5. The van der Waals surface area contributed by atoms with E-state index in [-0.39, 0.29) is 24.6 Å². The summed E-state index contributed by atoms with van der Waals surface area (Å²) in [5.41, 5.74) is 1.26. The minimum atomic E-state index is -1.05. The van der Waals surface area contributed by atoms with E-state index in [2.05, 4.69) is 10.1 Å². The first-order valence-corrected chi connectivity index (χ1v) is 11.9. The maximum Gasteiger partial charge on any atom is 0.411 e. The SMILES string of the molecule is COC(=O)NCCC1(c2ccc(F)cc2)CCN(C(C)c2ccc(-c3ccc(F)cc3F)cc2)C(=O)O1. The molecule has 1 aliphatic heterocycles. The summed E-state index contributed by atoms with van der Waals surface area (Å²) in [6.45, 7) is 2.40. The van der Waals surface area contributed by atoms with Crippen molar-refractivity contribution >= 4 is 12.2 Å². The molecule has 0 aliphatic carbocycles. The summed E-state index contributed by atoms with van der Waals surface area (Å²) in [5, 5.41) is 2.60.